The SMILES string of the molecule is COc1ccc(OC)c(CCNC(=O)N(C)C2CCCCC2)c1. The van der Waals surface area contributed by atoms with Gasteiger partial charge in [0.1, 0.15) is 11.5 Å². The molecule has 1 saturated carbocycles. The molecule has 5 heteroatoms. The minimum Gasteiger partial charge on any atom is -0.497 e. The van der Waals surface area contributed by atoms with Gasteiger partial charge >= 0.3 is 6.03 Å². The normalized spacial score (nSPS) is 15.1. The van der Waals surface area contributed by atoms with E-state index in [0.717, 1.165) is 29.9 Å². The van der Waals surface area contributed by atoms with Crippen molar-refractivity contribution < 1.29 is 14.3 Å². The van der Waals surface area contributed by atoms with Crippen molar-refractivity contribution in [2.24, 2.45) is 0 Å². The molecule has 1 aromatic rings. The number of hydrogen-bond acceptors (Lipinski definition) is 3. The number of hydrogen-bond donors (Lipinski definition) is 1. The fraction of sp³-hybridized carbons (Fsp3) is 0.611. The number of benzene rings is 1. The third kappa shape index (κ3) is 4.78. The van der Waals surface area contributed by atoms with Crippen molar-refractivity contribution in [1.29, 1.82) is 0 Å². The third-order valence-corrected chi connectivity index (χ3v) is 4.60. The van der Waals surface area contributed by atoms with Crippen molar-refractivity contribution >= 4 is 6.03 Å². The summed E-state index contributed by atoms with van der Waals surface area (Å²) in [6, 6.07) is 6.12. The molecule has 0 spiro atoms. The highest BCUT2D eigenvalue weighted by Crippen LogP contribution is 2.24. The Labute approximate surface area is 139 Å². The van der Waals surface area contributed by atoms with Crippen LogP contribution in [-0.4, -0.2) is 44.8 Å². The predicted octanol–water partition coefficient (Wildman–Crippen LogP) is 3.22. The summed E-state index contributed by atoms with van der Waals surface area (Å²) >= 11 is 0. The highest BCUT2D eigenvalue weighted by Gasteiger charge is 2.21. The Morgan fingerprint density at radius 1 is 1.22 bits per heavy atom. The molecule has 0 bridgehead atoms. The van der Waals surface area contributed by atoms with Crippen LogP contribution < -0.4 is 14.8 Å². The maximum absolute atomic E-state index is 12.3. The quantitative estimate of drug-likeness (QED) is 0.875. The lowest BCUT2D eigenvalue weighted by Crippen LogP contribution is -2.44. The minimum absolute atomic E-state index is 0.0127. The summed E-state index contributed by atoms with van der Waals surface area (Å²) in [5.74, 6) is 1.62. The van der Waals surface area contributed by atoms with E-state index in [0.29, 0.717) is 19.0 Å². The summed E-state index contributed by atoms with van der Waals surface area (Å²) in [4.78, 5) is 14.1. The van der Waals surface area contributed by atoms with E-state index in [1.54, 1.807) is 14.2 Å². The van der Waals surface area contributed by atoms with Crippen LogP contribution in [0.1, 0.15) is 37.7 Å². The van der Waals surface area contributed by atoms with E-state index in [2.05, 4.69) is 5.32 Å². The second-order valence-electron chi connectivity index (χ2n) is 6.06. The maximum atomic E-state index is 12.3. The predicted molar refractivity (Wildman–Crippen MR) is 91.3 cm³/mol. The van der Waals surface area contributed by atoms with Gasteiger partial charge in [0.25, 0.3) is 0 Å². The number of urea groups is 1. The Morgan fingerprint density at radius 2 is 1.96 bits per heavy atom. The molecule has 0 saturated heterocycles. The van der Waals surface area contributed by atoms with Crippen molar-refractivity contribution in [1.82, 2.24) is 10.2 Å². The number of nitrogens with one attached hydrogen (secondary N) is 1. The van der Waals surface area contributed by atoms with Crippen molar-refractivity contribution in [3.63, 3.8) is 0 Å². The van der Waals surface area contributed by atoms with Crippen LogP contribution in [0, 0.1) is 0 Å². The Hall–Kier alpha value is -1.91. The topological polar surface area (TPSA) is 50.8 Å². The number of rotatable bonds is 6. The molecule has 0 aliphatic heterocycles. The number of carbonyl (C=O) groups is 1. The summed E-state index contributed by atoms with van der Waals surface area (Å²) in [7, 11) is 5.20. The molecule has 5 nitrogen and oxygen atoms in total. The largest absolute Gasteiger partial charge is 0.497 e. The Kier molecular flexibility index (Phi) is 6.56. The molecule has 1 fully saturated rings. The number of ether oxygens (including phenoxy) is 2. The van der Waals surface area contributed by atoms with Gasteiger partial charge in [-0.05, 0) is 43.0 Å². The molecule has 23 heavy (non-hydrogen) atoms. The molecule has 0 atom stereocenters. The average Bonchev–Trinajstić information content (AvgIpc) is 2.61. The van der Waals surface area contributed by atoms with Crippen LogP contribution >= 0.6 is 0 Å². The van der Waals surface area contributed by atoms with Crippen molar-refractivity contribution in [2.45, 2.75) is 44.6 Å². The Balaban J connectivity index is 1.85. The lowest BCUT2D eigenvalue weighted by molar-refractivity contribution is 0.174. The van der Waals surface area contributed by atoms with Crippen LogP contribution in [-0.2, 0) is 6.42 Å². The van der Waals surface area contributed by atoms with Gasteiger partial charge in [0.05, 0.1) is 14.2 Å². The minimum atomic E-state index is 0.0127. The number of methoxy groups -OCH3 is 2. The second-order valence-corrected chi connectivity index (χ2v) is 6.06. The average molecular weight is 320 g/mol. The van der Waals surface area contributed by atoms with E-state index in [1.165, 1.54) is 19.3 Å². The molecule has 1 aliphatic carbocycles. The standard InChI is InChI=1S/C18H28N2O3/c1-20(15-7-5-4-6-8-15)18(21)19-12-11-14-13-16(22-2)9-10-17(14)23-3/h9-10,13,15H,4-8,11-12H2,1-3H3,(H,19,21). The third-order valence-electron chi connectivity index (χ3n) is 4.60. The summed E-state index contributed by atoms with van der Waals surface area (Å²) in [6.07, 6.45) is 6.69. The van der Waals surface area contributed by atoms with Gasteiger partial charge in [0.2, 0.25) is 0 Å². The van der Waals surface area contributed by atoms with Gasteiger partial charge in [-0.25, -0.2) is 4.79 Å². The molecular weight excluding hydrogens is 292 g/mol. The van der Waals surface area contributed by atoms with Gasteiger partial charge in [-0.15, -0.1) is 0 Å². The Morgan fingerprint density at radius 3 is 2.61 bits per heavy atom. The molecule has 2 amide bonds. The van der Waals surface area contributed by atoms with Crippen LogP contribution in [0.2, 0.25) is 0 Å². The molecule has 0 heterocycles. The first kappa shape index (κ1) is 17.4. The van der Waals surface area contributed by atoms with Crippen LogP contribution in [0.15, 0.2) is 18.2 Å². The van der Waals surface area contributed by atoms with Gasteiger partial charge in [0, 0.05) is 19.6 Å². The summed E-state index contributed by atoms with van der Waals surface area (Å²) in [5, 5.41) is 3.01. The molecule has 1 N–H and O–H groups in total. The summed E-state index contributed by atoms with van der Waals surface area (Å²) in [5.41, 5.74) is 1.03. The maximum Gasteiger partial charge on any atom is 0.317 e. The molecule has 0 unspecified atom stereocenters. The fourth-order valence-corrected chi connectivity index (χ4v) is 3.14. The number of amides is 2. The highest BCUT2D eigenvalue weighted by atomic mass is 16.5. The van der Waals surface area contributed by atoms with E-state index in [-0.39, 0.29) is 6.03 Å². The number of nitrogens with zero attached hydrogens (tertiary/aromatic N) is 1. The van der Waals surface area contributed by atoms with E-state index in [1.807, 2.05) is 30.1 Å². The van der Waals surface area contributed by atoms with Crippen molar-refractivity contribution in [3.8, 4) is 11.5 Å². The van der Waals surface area contributed by atoms with Gasteiger partial charge in [-0.1, -0.05) is 19.3 Å². The molecule has 128 valence electrons. The summed E-state index contributed by atoms with van der Waals surface area (Å²) in [6.45, 7) is 0.583. The zero-order valence-corrected chi connectivity index (χ0v) is 14.4. The lowest BCUT2D eigenvalue weighted by atomic mass is 9.95. The molecule has 2 rings (SSSR count). The smallest absolute Gasteiger partial charge is 0.317 e. The van der Waals surface area contributed by atoms with E-state index >= 15 is 0 Å². The van der Waals surface area contributed by atoms with Gasteiger partial charge in [-0.2, -0.15) is 0 Å². The van der Waals surface area contributed by atoms with E-state index < -0.39 is 0 Å². The molecule has 0 aromatic heterocycles. The van der Waals surface area contributed by atoms with Gasteiger partial charge in [0.15, 0.2) is 0 Å². The van der Waals surface area contributed by atoms with Crippen LogP contribution in [0.5, 0.6) is 11.5 Å². The summed E-state index contributed by atoms with van der Waals surface area (Å²) < 4.78 is 10.6. The first-order valence-corrected chi connectivity index (χ1v) is 8.37. The van der Waals surface area contributed by atoms with E-state index in [4.69, 9.17) is 9.47 Å². The fourth-order valence-electron chi connectivity index (χ4n) is 3.14. The van der Waals surface area contributed by atoms with Crippen molar-refractivity contribution in [2.75, 3.05) is 27.8 Å². The first-order valence-electron chi connectivity index (χ1n) is 8.37. The number of carbonyl (C=O) groups excluding carboxylic acids is 1. The van der Waals surface area contributed by atoms with Gasteiger partial charge < -0.3 is 19.7 Å². The lowest BCUT2D eigenvalue weighted by Gasteiger charge is -2.31. The highest BCUT2D eigenvalue weighted by molar-refractivity contribution is 5.74. The molecule has 1 aliphatic rings. The van der Waals surface area contributed by atoms with E-state index in [9.17, 15) is 4.79 Å². The molecule has 0 radical (unpaired) electrons. The Bertz CT molecular complexity index is 513. The van der Waals surface area contributed by atoms with Gasteiger partial charge in [-0.3, -0.25) is 0 Å². The van der Waals surface area contributed by atoms with Crippen molar-refractivity contribution in [3.05, 3.63) is 23.8 Å². The zero-order chi connectivity index (χ0) is 16.7. The molecule has 1 aromatic carbocycles. The van der Waals surface area contributed by atoms with Crippen LogP contribution in [0.4, 0.5) is 4.79 Å². The first-order chi connectivity index (χ1) is 11.2. The van der Waals surface area contributed by atoms with Crippen LogP contribution in [0.25, 0.3) is 0 Å². The molecular formula is C18H28N2O3. The monoisotopic (exact) mass is 320 g/mol. The van der Waals surface area contributed by atoms with Crippen LogP contribution in [0.3, 0.4) is 0 Å². The zero-order valence-electron chi connectivity index (χ0n) is 14.4. The second kappa shape index (κ2) is 8.65.